The fraction of sp³-hybridized carbons (Fsp3) is 0.100. The van der Waals surface area contributed by atoms with E-state index in [0.29, 0.717) is 10.0 Å². The van der Waals surface area contributed by atoms with E-state index in [1.54, 1.807) is 12.1 Å². The molecule has 1 aliphatic rings. The molecule has 0 bridgehead atoms. The minimum atomic E-state index is -0.504. The lowest BCUT2D eigenvalue weighted by molar-refractivity contribution is -0.135. The Kier molecular flexibility index (Phi) is 2.71. The number of cyclic esters (lactones) is 1. The van der Waals surface area contributed by atoms with Gasteiger partial charge in [0.05, 0.1) is 4.47 Å². The zero-order valence-corrected chi connectivity index (χ0v) is 9.80. The lowest BCUT2D eigenvalue weighted by Gasteiger charge is -2.03. The maximum Gasteiger partial charge on any atom is 0.350 e. The number of rotatable bonds is 1. The normalized spacial score (nSPS) is 15.7. The highest BCUT2D eigenvalue weighted by atomic mass is 79.9. The smallest absolute Gasteiger partial charge is 0.350 e. The largest absolute Gasteiger partial charge is 0.507 e. The molecule has 1 aromatic rings. The molecule has 1 aliphatic heterocycles. The number of carbonyl (C=O) groups is 1. The van der Waals surface area contributed by atoms with Crippen molar-refractivity contribution < 1.29 is 14.6 Å². The molecule has 15 heavy (non-hydrogen) atoms. The third-order valence-corrected chi connectivity index (χ3v) is 3.11. The average Bonchev–Trinajstić information content (AvgIpc) is 2.53. The van der Waals surface area contributed by atoms with Gasteiger partial charge in [0.25, 0.3) is 0 Å². The van der Waals surface area contributed by atoms with Crippen LogP contribution in [0.25, 0.3) is 5.57 Å². The summed E-state index contributed by atoms with van der Waals surface area (Å²) in [6, 6.07) is 4.90. The molecule has 0 unspecified atom stereocenters. The molecule has 0 aliphatic carbocycles. The summed E-state index contributed by atoms with van der Waals surface area (Å²) in [5, 5.41) is 9.41. The van der Waals surface area contributed by atoms with Crippen molar-refractivity contribution in [2.45, 2.75) is 0 Å². The van der Waals surface area contributed by atoms with Crippen molar-refractivity contribution in [3.05, 3.63) is 33.3 Å². The topological polar surface area (TPSA) is 46.5 Å². The lowest BCUT2D eigenvalue weighted by atomic mass is 10.1. The van der Waals surface area contributed by atoms with Crippen molar-refractivity contribution in [2.24, 2.45) is 0 Å². The summed E-state index contributed by atoms with van der Waals surface area (Å²) in [7, 11) is 0. The third kappa shape index (κ3) is 1.87. The van der Waals surface area contributed by atoms with E-state index in [1.807, 2.05) is 0 Å². The van der Waals surface area contributed by atoms with Crippen molar-refractivity contribution >= 4 is 39.1 Å². The summed E-state index contributed by atoms with van der Waals surface area (Å²) in [5.41, 5.74) is 1.40. The fourth-order valence-corrected chi connectivity index (χ4v) is 1.89. The number of hydrogen-bond acceptors (Lipinski definition) is 3. The van der Waals surface area contributed by atoms with Crippen molar-refractivity contribution in [1.82, 2.24) is 0 Å². The van der Waals surface area contributed by atoms with Gasteiger partial charge in [0, 0.05) is 5.57 Å². The monoisotopic (exact) mass is 288 g/mol. The first kappa shape index (κ1) is 10.5. The summed E-state index contributed by atoms with van der Waals surface area (Å²) in [5.74, 6) is -0.364. The first-order valence-electron chi connectivity index (χ1n) is 4.14. The van der Waals surface area contributed by atoms with Crippen molar-refractivity contribution in [2.75, 3.05) is 6.61 Å². The number of esters is 1. The molecule has 0 spiro atoms. The van der Waals surface area contributed by atoms with Crippen molar-refractivity contribution in [1.29, 1.82) is 0 Å². The molecule has 78 valence electrons. The highest BCUT2D eigenvalue weighted by Gasteiger charge is 2.24. The molecule has 0 fully saturated rings. The van der Waals surface area contributed by atoms with E-state index in [0.717, 1.165) is 5.56 Å². The molecule has 0 aromatic heterocycles. The molecule has 3 nitrogen and oxygen atoms in total. The van der Waals surface area contributed by atoms with Crippen LogP contribution in [0.15, 0.2) is 27.7 Å². The number of ether oxygens (including phenoxy) is 1. The van der Waals surface area contributed by atoms with Crippen molar-refractivity contribution in [3.8, 4) is 5.75 Å². The first-order valence-corrected chi connectivity index (χ1v) is 5.31. The van der Waals surface area contributed by atoms with Gasteiger partial charge < -0.3 is 9.84 Å². The van der Waals surface area contributed by atoms with Crippen LogP contribution < -0.4 is 0 Å². The lowest BCUT2D eigenvalue weighted by Crippen LogP contribution is -1.93. The molecule has 0 radical (unpaired) electrons. The Hall–Kier alpha value is -1.00. The maximum atomic E-state index is 11.0. The van der Waals surface area contributed by atoms with Crippen LogP contribution in [0.5, 0.6) is 5.75 Å². The molecule has 0 amide bonds. The van der Waals surface area contributed by atoms with Gasteiger partial charge in [-0.3, -0.25) is 0 Å². The molecule has 1 N–H and O–H groups in total. The van der Waals surface area contributed by atoms with Crippen LogP contribution in [0.4, 0.5) is 0 Å². The van der Waals surface area contributed by atoms with Gasteiger partial charge in [-0.25, -0.2) is 4.79 Å². The van der Waals surface area contributed by atoms with Gasteiger partial charge in [0.15, 0.2) is 0 Å². The zero-order valence-electron chi connectivity index (χ0n) is 7.46. The van der Waals surface area contributed by atoms with Crippen LogP contribution in [-0.4, -0.2) is 17.7 Å². The van der Waals surface area contributed by atoms with Gasteiger partial charge in [-0.05, 0) is 33.6 Å². The fourth-order valence-electron chi connectivity index (χ4n) is 1.29. The summed E-state index contributed by atoms with van der Waals surface area (Å²) < 4.78 is 5.33. The number of phenols is 1. The number of phenolic OH excluding ortho intramolecular Hbond substituents is 1. The van der Waals surface area contributed by atoms with Crippen LogP contribution in [0, 0.1) is 0 Å². The number of aromatic hydroxyl groups is 1. The molecule has 0 saturated carbocycles. The molecule has 1 heterocycles. The van der Waals surface area contributed by atoms with Crippen LogP contribution in [0.3, 0.4) is 0 Å². The van der Waals surface area contributed by atoms with Gasteiger partial charge in [0.1, 0.15) is 17.4 Å². The molecular weight excluding hydrogens is 283 g/mol. The Balaban J connectivity index is 2.47. The Bertz CT molecular complexity index is 468. The number of carbonyl (C=O) groups excluding carboxylic acids is 1. The van der Waals surface area contributed by atoms with E-state index in [1.165, 1.54) is 6.07 Å². The van der Waals surface area contributed by atoms with Gasteiger partial charge in [0.2, 0.25) is 0 Å². The van der Waals surface area contributed by atoms with E-state index in [2.05, 4.69) is 15.9 Å². The number of halogens is 2. The first-order chi connectivity index (χ1) is 7.09. The Morgan fingerprint density at radius 2 is 2.20 bits per heavy atom. The quantitative estimate of drug-likeness (QED) is 0.809. The van der Waals surface area contributed by atoms with E-state index >= 15 is 0 Å². The number of benzene rings is 1. The van der Waals surface area contributed by atoms with Crippen LogP contribution in [-0.2, 0) is 9.53 Å². The average molecular weight is 290 g/mol. The minimum absolute atomic E-state index is 0.104. The third-order valence-electron chi connectivity index (χ3n) is 2.09. The predicted octanol–water partition coefficient (Wildman–Crippen LogP) is 2.66. The Morgan fingerprint density at radius 1 is 1.47 bits per heavy atom. The van der Waals surface area contributed by atoms with Crippen molar-refractivity contribution in [3.63, 3.8) is 0 Å². The Morgan fingerprint density at radius 3 is 2.73 bits per heavy atom. The van der Waals surface area contributed by atoms with E-state index in [9.17, 15) is 9.90 Å². The summed E-state index contributed by atoms with van der Waals surface area (Å²) >= 11 is 8.97. The molecule has 2 rings (SSSR count). The molecule has 5 heteroatoms. The minimum Gasteiger partial charge on any atom is -0.507 e. The van der Waals surface area contributed by atoms with E-state index in [-0.39, 0.29) is 17.4 Å². The second kappa shape index (κ2) is 3.87. The van der Waals surface area contributed by atoms with Gasteiger partial charge in [-0.15, -0.1) is 0 Å². The zero-order chi connectivity index (χ0) is 11.0. The molecule has 1 aromatic carbocycles. The highest BCUT2D eigenvalue weighted by Crippen LogP contribution is 2.32. The second-order valence-corrected chi connectivity index (χ2v) is 4.27. The van der Waals surface area contributed by atoms with E-state index < -0.39 is 5.97 Å². The molecule has 0 atom stereocenters. The van der Waals surface area contributed by atoms with Gasteiger partial charge in [-0.1, -0.05) is 17.7 Å². The van der Waals surface area contributed by atoms with Crippen LogP contribution in [0.2, 0.25) is 0 Å². The van der Waals surface area contributed by atoms with Crippen LogP contribution >= 0.6 is 27.5 Å². The standard InChI is InChI=1S/C10H6BrClO3/c11-7-3-5(1-2-8(7)13)6-4-15-10(14)9(6)12/h1-3,13H,4H2. The molecule has 0 saturated heterocycles. The summed E-state index contributed by atoms with van der Waals surface area (Å²) in [4.78, 5) is 11.0. The predicted molar refractivity (Wildman–Crippen MR) is 59.5 cm³/mol. The SMILES string of the molecule is O=C1OCC(c2ccc(O)c(Br)c2)=C1Cl. The second-order valence-electron chi connectivity index (χ2n) is 3.03. The summed E-state index contributed by atoms with van der Waals surface area (Å²) in [6.45, 7) is 0.175. The van der Waals surface area contributed by atoms with Gasteiger partial charge in [-0.2, -0.15) is 0 Å². The van der Waals surface area contributed by atoms with Crippen LogP contribution in [0.1, 0.15) is 5.56 Å². The maximum absolute atomic E-state index is 11.0. The van der Waals surface area contributed by atoms with E-state index in [4.69, 9.17) is 16.3 Å². The highest BCUT2D eigenvalue weighted by molar-refractivity contribution is 9.10. The van der Waals surface area contributed by atoms with Gasteiger partial charge >= 0.3 is 5.97 Å². The number of hydrogen-bond donors (Lipinski definition) is 1. The molecular formula is C10H6BrClO3. The Labute approximate surface area is 99.4 Å². The summed E-state index contributed by atoms with van der Waals surface area (Å²) in [6.07, 6.45) is 0.